The number of alkyl halides is 3. The van der Waals surface area contributed by atoms with Crippen molar-refractivity contribution in [2.75, 3.05) is 13.7 Å². The van der Waals surface area contributed by atoms with Crippen LogP contribution < -0.4 is 24.8 Å². The summed E-state index contributed by atoms with van der Waals surface area (Å²) in [4.78, 5) is 60.8. The van der Waals surface area contributed by atoms with Crippen molar-refractivity contribution in [3.05, 3.63) is 43.1 Å². The molecule has 19 heteroatoms. The van der Waals surface area contributed by atoms with Crippen molar-refractivity contribution < 1.29 is 59.2 Å². The molecule has 5 atom stereocenters. The Kier molecular flexibility index (Phi) is 11.4. The normalized spacial score (nSPS) is 23.6. The average Bonchev–Trinajstić information content (AvgIpc) is 3.77. The number of nitrogens with zero attached hydrogens (tertiary/aromatic N) is 2. The molecule has 1 aromatic heterocycles. The van der Waals surface area contributed by atoms with Gasteiger partial charge in [0.2, 0.25) is 23.3 Å². The topological polar surface area (TPSA) is 192 Å². The van der Waals surface area contributed by atoms with Gasteiger partial charge in [-0.3, -0.25) is 18.6 Å². The molecule has 3 aliphatic rings. The maximum Gasteiger partial charge on any atom is 0.427 e. The lowest BCUT2D eigenvalue weighted by Crippen LogP contribution is -2.70. The van der Waals surface area contributed by atoms with E-state index in [2.05, 4.69) is 22.2 Å². The van der Waals surface area contributed by atoms with Crippen LogP contribution in [0.1, 0.15) is 66.7 Å². The lowest BCUT2D eigenvalue weighted by atomic mass is 9.66. The average molecular weight is 798 g/mol. The third-order valence-electron chi connectivity index (χ3n) is 9.99. The minimum Gasteiger partial charge on any atom is -0.497 e. The third kappa shape index (κ3) is 9.09. The van der Waals surface area contributed by atoms with E-state index >= 15 is 0 Å². The third-order valence-corrected chi connectivity index (χ3v) is 11.0. The fourth-order valence-electron chi connectivity index (χ4n) is 6.42. The molecular weight excluding hydrogens is 751 g/mol. The zero-order chi connectivity index (χ0) is 40.7. The largest absolute Gasteiger partial charge is 0.497 e. The van der Waals surface area contributed by atoms with Crippen molar-refractivity contribution in [2.24, 2.45) is 11.3 Å². The highest BCUT2D eigenvalue weighted by Crippen LogP contribution is 2.41. The molecule has 3 N–H and O–H groups in total. The van der Waals surface area contributed by atoms with E-state index in [-0.39, 0.29) is 25.3 Å². The van der Waals surface area contributed by atoms with Gasteiger partial charge in [-0.05, 0) is 74.6 Å². The van der Waals surface area contributed by atoms with Crippen molar-refractivity contribution in [3.8, 4) is 11.6 Å². The summed E-state index contributed by atoms with van der Waals surface area (Å²) >= 11 is 0. The Balaban J connectivity index is 1.46. The zero-order valence-electron chi connectivity index (χ0n) is 31.3. The van der Waals surface area contributed by atoms with Crippen LogP contribution >= 0.6 is 0 Å². The quantitative estimate of drug-likeness (QED) is 0.248. The number of aromatic nitrogens is 1. The van der Waals surface area contributed by atoms with Gasteiger partial charge in [-0.15, -0.1) is 6.58 Å². The molecule has 2 heterocycles. The molecule has 15 nitrogen and oxygen atoms in total. The van der Waals surface area contributed by atoms with Gasteiger partial charge in [0.05, 0.1) is 19.8 Å². The Labute approximate surface area is 316 Å². The van der Waals surface area contributed by atoms with E-state index in [1.165, 1.54) is 19.4 Å². The first kappa shape index (κ1) is 41.5. The van der Waals surface area contributed by atoms with Gasteiger partial charge in [-0.1, -0.05) is 26.8 Å². The second-order valence-electron chi connectivity index (χ2n) is 15.5. The number of carbonyl (C=O) groups excluding carboxylic acids is 4. The first-order valence-electron chi connectivity index (χ1n) is 17.7. The van der Waals surface area contributed by atoms with E-state index in [9.17, 15) is 40.8 Å². The molecule has 2 aromatic rings. The first-order chi connectivity index (χ1) is 25.5. The number of alkyl carbamates (subject to hydrolysis) is 1. The van der Waals surface area contributed by atoms with E-state index in [1.807, 2.05) is 4.72 Å². The number of amides is 4. The van der Waals surface area contributed by atoms with Crippen molar-refractivity contribution >= 4 is 44.9 Å². The van der Waals surface area contributed by atoms with Crippen molar-refractivity contribution in [1.82, 2.24) is 25.2 Å². The van der Waals surface area contributed by atoms with Gasteiger partial charge in [0, 0.05) is 23.9 Å². The molecule has 5 rings (SSSR count). The summed E-state index contributed by atoms with van der Waals surface area (Å²) < 4.78 is 89.1. The number of methoxy groups -OCH3 is 1. The highest BCUT2D eigenvalue weighted by atomic mass is 32.2. The summed E-state index contributed by atoms with van der Waals surface area (Å²) in [7, 11) is -3.01. The molecule has 0 bridgehead atoms. The summed E-state index contributed by atoms with van der Waals surface area (Å²) in [5.41, 5.74) is -5.81. The van der Waals surface area contributed by atoms with Gasteiger partial charge in [0.15, 0.2) is 0 Å². The van der Waals surface area contributed by atoms with Gasteiger partial charge in [0.25, 0.3) is 5.91 Å². The molecule has 1 unspecified atom stereocenters. The van der Waals surface area contributed by atoms with E-state index < -0.39 is 87.1 Å². The maximum absolute atomic E-state index is 14.5. The second-order valence-corrected chi connectivity index (χ2v) is 16.9. The Morgan fingerprint density at radius 2 is 1.75 bits per heavy atom. The molecule has 55 heavy (non-hydrogen) atoms. The predicted molar refractivity (Wildman–Crippen MR) is 191 cm³/mol. The lowest BCUT2D eigenvalue weighted by Gasteiger charge is -2.47. The number of nitrogens with one attached hydrogen (secondary N) is 3. The summed E-state index contributed by atoms with van der Waals surface area (Å²) in [6, 6.07) is 4.02. The smallest absolute Gasteiger partial charge is 0.427 e. The number of ether oxygens (including phenoxy) is 3. The minimum absolute atomic E-state index is 0.0250. The van der Waals surface area contributed by atoms with Crippen LogP contribution in [0.2, 0.25) is 0 Å². The second kappa shape index (κ2) is 15.1. The maximum atomic E-state index is 14.5. The van der Waals surface area contributed by atoms with Gasteiger partial charge in [-0.2, -0.15) is 21.6 Å². The molecule has 1 aromatic carbocycles. The van der Waals surface area contributed by atoms with Gasteiger partial charge >= 0.3 is 22.6 Å². The van der Waals surface area contributed by atoms with Crippen LogP contribution in [0.15, 0.2) is 43.1 Å². The molecule has 2 saturated carbocycles. The fraction of sp³-hybridized carbons (Fsp3) is 0.583. The molecule has 4 amide bonds. The summed E-state index contributed by atoms with van der Waals surface area (Å²) in [5, 5.41) is 6.26. The van der Waals surface area contributed by atoms with E-state index in [4.69, 9.17) is 18.4 Å². The minimum atomic E-state index is -4.93. The predicted octanol–water partition coefficient (Wildman–Crippen LogP) is 4.06. The number of hydrogen-bond acceptors (Lipinski definition) is 11. The van der Waals surface area contributed by atoms with Crippen LogP contribution in [0.4, 0.5) is 18.0 Å². The van der Waals surface area contributed by atoms with Crippen LogP contribution in [0.5, 0.6) is 11.6 Å². The van der Waals surface area contributed by atoms with Crippen LogP contribution in [0, 0.1) is 11.3 Å². The van der Waals surface area contributed by atoms with Crippen LogP contribution in [0.3, 0.4) is 0 Å². The van der Waals surface area contributed by atoms with E-state index in [0.29, 0.717) is 44.2 Å². The van der Waals surface area contributed by atoms with Crippen molar-refractivity contribution in [1.29, 1.82) is 0 Å². The van der Waals surface area contributed by atoms with Gasteiger partial charge in [-0.25, -0.2) is 14.5 Å². The van der Waals surface area contributed by atoms with Crippen LogP contribution in [-0.4, -0.2) is 97.4 Å². The molecule has 1 saturated heterocycles. The zero-order valence-corrected chi connectivity index (χ0v) is 32.1. The SMILES string of the molecule is C=CC1CC[C@]1(NC(=O)[C@@H]1C[C@@H](Oc2nccc3cc(OC)ccc23)CN1C(=O)[C@@H](NC(=O)OC(C)(C)C(F)(F)F)C(C)(C)C)C(=O)NS(=O)(=O)OC1CC1. The van der Waals surface area contributed by atoms with Crippen LogP contribution in [0.25, 0.3) is 10.8 Å². The van der Waals surface area contributed by atoms with Crippen molar-refractivity contribution in [3.63, 3.8) is 0 Å². The van der Waals surface area contributed by atoms with Gasteiger partial charge in [0.1, 0.15) is 29.5 Å². The van der Waals surface area contributed by atoms with E-state index in [1.54, 1.807) is 45.0 Å². The molecular formula is C36H46F3N5O10S. The molecule has 1 aliphatic heterocycles. The summed E-state index contributed by atoms with van der Waals surface area (Å²) in [6.45, 7) is 9.49. The number of fused-ring (bicyclic) bond motifs is 1. The highest BCUT2D eigenvalue weighted by molar-refractivity contribution is 7.85. The van der Waals surface area contributed by atoms with E-state index in [0.717, 1.165) is 10.3 Å². The molecule has 0 radical (unpaired) electrons. The number of pyridine rings is 1. The monoisotopic (exact) mass is 797 g/mol. The number of carbonyl (C=O) groups is 4. The van der Waals surface area contributed by atoms with Gasteiger partial charge < -0.3 is 29.7 Å². The summed E-state index contributed by atoms with van der Waals surface area (Å²) in [6.07, 6.45) is -3.73. The number of hydrogen-bond donors (Lipinski definition) is 3. The lowest BCUT2D eigenvalue weighted by molar-refractivity contribution is -0.244. The molecule has 302 valence electrons. The molecule has 0 spiro atoms. The standard InChI is InChI=1S/C36H46F3N5O10S/c1-8-21-13-15-35(21,31(47)43-55(49,50)54-22-9-10-22)42-28(45)26-18-24(52-29-25-12-11-23(51-7)17-20(25)14-16-40-29)19-44(26)30(46)27(33(2,3)4)41-32(48)53-34(5,6)36(37,38)39/h8,11-12,14,16-17,21-22,24,26-27H,1,9-10,13,15,18-19H2,2-7H3,(H,41,48)(H,42,45)(H,43,47)/t21?,24-,26+,27-,35-/m1/s1. The number of likely N-dealkylation sites (tertiary alicyclic amines) is 1. The number of rotatable bonds is 13. The fourth-order valence-corrected chi connectivity index (χ4v) is 7.43. The Bertz CT molecular complexity index is 1950. The first-order valence-corrected chi connectivity index (χ1v) is 19.1. The highest BCUT2D eigenvalue weighted by Gasteiger charge is 2.56. The Hall–Kier alpha value is -4.65. The molecule has 3 fully saturated rings. The summed E-state index contributed by atoms with van der Waals surface area (Å²) in [5.74, 6) is -2.71. The van der Waals surface area contributed by atoms with Crippen molar-refractivity contribution in [2.45, 2.75) is 108 Å². The Morgan fingerprint density at radius 3 is 2.31 bits per heavy atom. The number of benzene rings is 1. The van der Waals surface area contributed by atoms with Crippen LogP contribution in [-0.2, 0) is 33.6 Å². The number of halogens is 3. The molecule has 2 aliphatic carbocycles. The Morgan fingerprint density at radius 1 is 1.05 bits per heavy atom.